The van der Waals surface area contributed by atoms with Crippen molar-refractivity contribution in [2.45, 2.75) is 0 Å². The van der Waals surface area contributed by atoms with E-state index in [4.69, 9.17) is 19.9 Å². The van der Waals surface area contributed by atoms with Gasteiger partial charge in [-0.25, -0.2) is 0 Å². The summed E-state index contributed by atoms with van der Waals surface area (Å²) in [7, 11) is 3.88. The molecule has 0 aliphatic carbocycles. The van der Waals surface area contributed by atoms with E-state index in [0.29, 0.717) is 6.54 Å². The second-order valence-electron chi connectivity index (χ2n) is 2.97. The van der Waals surface area contributed by atoms with Gasteiger partial charge in [0.25, 0.3) is 0 Å². The van der Waals surface area contributed by atoms with Gasteiger partial charge >= 0.3 is 0 Å². The van der Waals surface area contributed by atoms with E-state index in [-0.39, 0.29) is 26.4 Å². The number of hydrogen-bond donors (Lipinski definition) is 2. The highest BCUT2D eigenvalue weighted by Gasteiger charge is 2.05. The first-order valence-corrected chi connectivity index (χ1v) is 4.60. The predicted octanol–water partition coefficient (Wildman–Crippen LogP) is -1.30. The molecule has 0 atom stereocenters. The summed E-state index contributed by atoms with van der Waals surface area (Å²) in [6.45, 7) is 1.61. The molecular formula is C8H20N2O4. The van der Waals surface area contributed by atoms with Gasteiger partial charge in [-0.3, -0.25) is 9.68 Å². The third-order valence-corrected chi connectivity index (χ3v) is 1.38. The summed E-state index contributed by atoms with van der Waals surface area (Å²) in [5.41, 5.74) is 0. The first-order valence-electron chi connectivity index (χ1n) is 4.60. The molecule has 0 saturated heterocycles. The molecule has 0 aliphatic rings. The molecule has 0 saturated carbocycles. The van der Waals surface area contributed by atoms with Crippen molar-refractivity contribution in [3.8, 4) is 0 Å². The second kappa shape index (κ2) is 9.32. The van der Waals surface area contributed by atoms with Gasteiger partial charge in [0, 0.05) is 6.54 Å². The first kappa shape index (κ1) is 13.8. The summed E-state index contributed by atoms with van der Waals surface area (Å²) in [4.78, 5) is 12.1. The van der Waals surface area contributed by atoms with Gasteiger partial charge in [-0.2, -0.15) is 0 Å². The van der Waals surface area contributed by atoms with Crippen molar-refractivity contribution >= 4 is 0 Å². The van der Waals surface area contributed by atoms with Gasteiger partial charge in [-0.05, 0) is 14.1 Å². The van der Waals surface area contributed by atoms with Crippen LogP contribution in [-0.4, -0.2) is 74.0 Å². The monoisotopic (exact) mass is 208 g/mol. The standard InChI is InChI=1S/C8H20N2O4/c1-9(2)3-4-10(13-7-5-11)14-8-6-12/h11-12H,3-8H2,1-2H3. The second-order valence-corrected chi connectivity index (χ2v) is 2.97. The molecule has 0 heterocycles. The van der Waals surface area contributed by atoms with Crippen LogP contribution < -0.4 is 0 Å². The van der Waals surface area contributed by atoms with E-state index in [1.807, 2.05) is 19.0 Å². The van der Waals surface area contributed by atoms with E-state index < -0.39 is 0 Å². The average Bonchev–Trinajstić information content (AvgIpc) is 2.16. The molecule has 86 valence electrons. The number of nitrogens with zero attached hydrogens (tertiary/aromatic N) is 2. The maximum Gasteiger partial charge on any atom is 0.0942 e. The summed E-state index contributed by atoms with van der Waals surface area (Å²) < 4.78 is 0. The normalized spacial score (nSPS) is 11.6. The van der Waals surface area contributed by atoms with Crippen LogP contribution in [0.5, 0.6) is 0 Å². The largest absolute Gasteiger partial charge is 0.394 e. The van der Waals surface area contributed by atoms with Gasteiger partial charge < -0.3 is 15.1 Å². The topological polar surface area (TPSA) is 65.4 Å². The van der Waals surface area contributed by atoms with Crippen molar-refractivity contribution in [2.24, 2.45) is 0 Å². The average molecular weight is 208 g/mol. The molecule has 6 heteroatoms. The van der Waals surface area contributed by atoms with Gasteiger partial charge in [-0.1, -0.05) is 5.23 Å². The molecule has 0 aromatic rings. The van der Waals surface area contributed by atoms with Crippen LogP contribution >= 0.6 is 0 Å². The number of hydrogen-bond acceptors (Lipinski definition) is 6. The number of likely N-dealkylation sites (N-methyl/N-ethyl adjacent to an activating group) is 1. The molecule has 0 rings (SSSR count). The third kappa shape index (κ3) is 8.36. The lowest BCUT2D eigenvalue weighted by Crippen LogP contribution is -2.33. The van der Waals surface area contributed by atoms with Gasteiger partial charge in [-0.15, -0.1) is 0 Å². The Kier molecular flexibility index (Phi) is 9.16. The number of aliphatic hydroxyl groups is 2. The van der Waals surface area contributed by atoms with Crippen LogP contribution in [0.2, 0.25) is 0 Å². The van der Waals surface area contributed by atoms with Crippen molar-refractivity contribution in [1.29, 1.82) is 0 Å². The van der Waals surface area contributed by atoms with Crippen molar-refractivity contribution < 1.29 is 19.9 Å². The Labute approximate surface area is 84.5 Å². The fraction of sp³-hybridized carbons (Fsp3) is 1.00. The minimum Gasteiger partial charge on any atom is -0.394 e. The maximum atomic E-state index is 8.55. The van der Waals surface area contributed by atoms with Crippen LogP contribution in [-0.2, 0) is 9.68 Å². The summed E-state index contributed by atoms with van der Waals surface area (Å²) in [5, 5.41) is 18.4. The van der Waals surface area contributed by atoms with Crippen LogP contribution in [0.15, 0.2) is 0 Å². The van der Waals surface area contributed by atoms with Crippen molar-refractivity contribution in [2.75, 3.05) is 53.6 Å². The van der Waals surface area contributed by atoms with E-state index in [1.54, 1.807) is 0 Å². The molecule has 0 fully saturated rings. The Morgan fingerprint density at radius 3 is 1.79 bits per heavy atom. The molecular weight excluding hydrogens is 188 g/mol. The van der Waals surface area contributed by atoms with Crippen molar-refractivity contribution in [3.05, 3.63) is 0 Å². The lowest BCUT2D eigenvalue weighted by atomic mass is 10.6. The summed E-state index contributed by atoms with van der Waals surface area (Å²) in [6, 6.07) is 0. The zero-order chi connectivity index (χ0) is 10.8. The van der Waals surface area contributed by atoms with E-state index in [9.17, 15) is 0 Å². The fourth-order valence-corrected chi connectivity index (χ4v) is 0.733. The molecule has 0 aliphatic heterocycles. The molecule has 2 N–H and O–H groups in total. The highest BCUT2D eigenvalue weighted by molar-refractivity contribution is 4.42. The van der Waals surface area contributed by atoms with Crippen LogP contribution in [0.1, 0.15) is 0 Å². The molecule has 0 unspecified atom stereocenters. The predicted molar refractivity (Wildman–Crippen MR) is 51.3 cm³/mol. The van der Waals surface area contributed by atoms with Crippen molar-refractivity contribution in [3.63, 3.8) is 0 Å². The number of aliphatic hydroxyl groups excluding tert-OH is 2. The Morgan fingerprint density at radius 2 is 1.43 bits per heavy atom. The van der Waals surface area contributed by atoms with Gasteiger partial charge in [0.1, 0.15) is 0 Å². The minimum atomic E-state index is -0.0546. The lowest BCUT2D eigenvalue weighted by molar-refractivity contribution is -0.371. The van der Waals surface area contributed by atoms with Crippen molar-refractivity contribution in [1.82, 2.24) is 10.1 Å². The molecule has 0 amide bonds. The Morgan fingerprint density at radius 1 is 0.929 bits per heavy atom. The van der Waals surface area contributed by atoms with E-state index in [0.717, 1.165) is 6.54 Å². The highest BCUT2D eigenvalue weighted by atomic mass is 16.9. The van der Waals surface area contributed by atoms with E-state index in [1.165, 1.54) is 5.23 Å². The number of hydroxylamine groups is 2. The quantitative estimate of drug-likeness (QED) is 0.459. The van der Waals surface area contributed by atoms with E-state index in [2.05, 4.69) is 0 Å². The van der Waals surface area contributed by atoms with Crippen LogP contribution in [0.3, 0.4) is 0 Å². The SMILES string of the molecule is CN(C)CCN(OCCO)OCCO. The van der Waals surface area contributed by atoms with Gasteiger partial charge in [0.2, 0.25) is 0 Å². The third-order valence-electron chi connectivity index (χ3n) is 1.38. The summed E-state index contributed by atoms with van der Waals surface area (Å²) >= 11 is 0. The molecule has 14 heavy (non-hydrogen) atoms. The first-order chi connectivity index (χ1) is 6.70. The van der Waals surface area contributed by atoms with Crippen LogP contribution in [0.4, 0.5) is 0 Å². The molecule has 0 radical (unpaired) electrons. The zero-order valence-corrected chi connectivity index (χ0v) is 8.85. The summed E-state index contributed by atoms with van der Waals surface area (Å²) in [5.74, 6) is 0. The van der Waals surface area contributed by atoms with Gasteiger partial charge in [0.05, 0.1) is 33.0 Å². The Hall–Kier alpha value is -0.240. The molecule has 0 aromatic carbocycles. The maximum absolute atomic E-state index is 8.55. The zero-order valence-electron chi connectivity index (χ0n) is 8.85. The molecule has 0 aromatic heterocycles. The Bertz CT molecular complexity index is 116. The molecule has 0 spiro atoms. The molecule has 0 bridgehead atoms. The van der Waals surface area contributed by atoms with Crippen LogP contribution in [0, 0.1) is 0 Å². The van der Waals surface area contributed by atoms with Crippen LogP contribution in [0.25, 0.3) is 0 Å². The Balaban J connectivity index is 3.60. The van der Waals surface area contributed by atoms with Gasteiger partial charge in [0.15, 0.2) is 0 Å². The summed E-state index contributed by atoms with van der Waals surface area (Å²) in [6.07, 6.45) is 0. The minimum absolute atomic E-state index is 0.0546. The smallest absolute Gasteiger partial charge is 0.0942 e. The fourth-order valence-electron chi connectivity index (χ4n) is 0.733. The number of rotatable bonds is 9. The van der Waals surface area contributed by atoms with E-state index >= 15 is 0 Å². The highest BCUT2D eigenvalue weighted by Crippen LogP contribution is 1.92. The lowest BCUT2D eigenvalue weighted by Gasteiger charge is -2.21. The molecule has 6 nitrogen and oxygen atoms in total.